The third kappa shape index (κ3) is 7.33. The van der Waals surface area contributed by atoms with Gasteiger partial charge < -0.3 is 14.7 Å². The Bertz CT molecular complexity index is 1050. The summed E-state index contributed by atoms with van der Waals surface area (Å²) in [6.07, 6.45) is 6.63. The number of ether oxygens (including phenoxy) is 1. The van der Waals surface area contributed by atoms with Crippen LogP contribution in [0, 0.1) is 17.8 Å². The van der Waals surface area contributed by atoms with Crippen molar-refractivity contribution >= 4 is 11.9 Å². The summed E-state index contributed by atoms with van der Waals surface area (Å²) in [5, 5.41) is 10.5. The topological polar surface area (TPSA) is 66.8 Å². The van der Waals surface area contributed by atoms with Gasteiger partial charge in [-0.25, -0.2) is 4.79 Å². The average molecular weight is 460 g/mol. The van der Waals surface area contributed by atoms with Crippen LogP contribution >= 0.6 is 0 Å². The first-order valence-electron chi connectivity index (χ1n) is 11.8. The number of nitrogens with zero attached hydrogens (tertiary/aromatic N) is 1. The fourth-order valence-corrected chi connectivity index (χ4v) is 4.06. The highest BCUT2D eigenvalue weighted by molar-refractivity contribution is 5.89. The lowest BCUT2D eigenvalue weighted by molar-refractivity contribution is -0.128. The second kappa shape index (κ2) is 12.8. The van der Waals surface area contributed by atoms with Gasteiger partial charge in [0.2, 0.25) is 5.91 Å². The molecule has 0 saturated carbocycles. The van der Waals surface area contributed by atoms with E-state index in [1.807, 2.05) is 72.5 Å². The predicted molar refractivity (Wildman–Crippen MR) is 133 cm³/mol. The van der Waals surface area contributed by atoms with E-state index in [1.54, 1.807) is 6.07 Å². The summed E-state index contributed by atoms with van der Waals surface area (Å²) in [6, 6.07) is 17.2. The van der Waals surface area contributed by atoms with Crippen LogP contribution in [0.5, 0.6) is 0 Å². The highest BCUT2D eigenvalue weighted by atomic mass is 16.5. The van der Waals surface area contributed by atoms with Crippen molar-refractivity contribution in [3.05, 3.63) is 83.4 Å². The lowest BCUT2D eigenvalue weighted by Crippen LogP contribution is -2.33. The first-order chi connectivity index (χ1) is 16.5. The van der Waals surface area contributed by atoms with Gasteiger partial charge in [-0.2, -0.15) is 0 Å². The van der Waals surface area contributed by atoms with Gasteiger partial charge in [0.1, 0.15) is 0 Å². The van der Waals surface area contributed by atoms with Crippen molar-refractivity contribution in [1.82, 2.24) is 4.90 Å². The molecule has 1 fully saturated rings. The normalized spacial score (nSPS) is 17.3. The van der Waals surface area contributed by atoms with E-state index < -0.39 is 6.10 Å². The molecule has 1 saturated heterocycles. The van der Waals surface area contributed by atoms with Crippen molar-refractivity contribution in [1.29, 1.82) is 0 Å². The van der Waals surface area contributed by atoms with Gasteiger partial charge in [0.05, 0.1) is 24.8 Å². The fraction of sp³-hybridized carbons (Fsp3) is 0.379. The summed E-state index contributed by atoms with van der Waals surface area (Å²) in [4.78, 5) is 26.0. The van der Waals surface area contributed by atoms with Gasteiger partial charge in [0.25, 0.3) is 0 Å². The molecule has 1 aliphatic heterocycles. The molecule has 5 nitrogen and oxygen atoms in total. The van der Waals surface area contributed by atoms with Crippen LogP contribution in [-0.4, -0.2) is 47.7 Å². The van der Waals surface area contributed by atoms with Crippen molar-refractivity contribution < 1.29 is 19.4 Å². The third-order valence-electron chi connectivity index (χ3n) is 6.13. The van der Waals surface area contributed by atoms with Gasteiger partial charge in [-0.1, -0.05) is 61.2 Å². The number of esters is 1. The number of methoxy groups -OCH3 is 1. The van der Waals surface area contributed by atoms with Gasteiger partial charge >= 0.3 is 5.97 Å². The number of likely N-dealkylation sites (tertiary alicyclic amines) is 1. The number of aryl methyl sites for hydroxylation is 1. The Balaban J connectivity index is 1.49. The Hall–Kier alpha value is -3.36. The Kier molecular flexibility index (Phi) is 9.49. The molecule has 3 atom stereocenters. The van der Waals surface area contributed by atoms with E-state index in [1.165, 1.54) is 7.11 Å². The zero-order chi connectivity index (χ0) is 24.3. The number of hydrogen-bond donors (Lipinski definition) is 1. The minimum atomic E-state index is -0.608. The van der Waals surface area contributed by atoms with Crippen molar-refractivity contribution in [3.8, 4) is 11.8 Å². The predicted octanol–water partition coefficient (Wildman–Crippen LogP) is 4.39. The summed E-state index contributed by atoms with van der Waals surface area (Å²) in [7, 11) is 1.37. The van der Waals surface area contributed by atoms with Crippen molar-refractivity contribution in [2.45, 2.75) is 51.2 Å². The number of rotatable bonds is 9. The van der Waals surface area contributed by atoms with Crippen LogP contribution in [-0.2, 0) is 16.0 Å². The zero-order valence-electron chi connectivity index (χ0n) is 19.9. The van der Waals surface area contributed by atoms with Crippen LogP contribution < -0.4 is 0 Å². The van der Waals surface area contributed by atoms with Crippen LogP contribution in [0.1, 0.15) is 54.1 Å². The smallest absolute Gasteiger partial charge is 0.337 e. The molecular formula is C29H33NO4. The first-order valence-corrected chi connectivity index (χ1v) is 11.8. The van der Waals surface area contributed by atoms with E-state index in [0.29, 0.717) is 24.9 Å². The Morgan fingerprint density at radius 1 is 1.24 bits per heavy atom. The van der Waals surface area contributed by atoms with E-state index in [4.69, 9.17) is 4.74 Å². The van der Waals surface area contributed by atoms with Crippen molar-refractivity contribution in [3.63, 3.8) is 0 Å². The number of amides is 1. The van der Waals surface area contributed by atoms with Crippen LogP contribution in [0.25, 0.3) is 0 Å². The molecule has 34 heavy (non-hydrogen) atoms. The molecule has 2 aromatic rings. The first kappa shape index (κ1) is 25.3. The molecule has 0 aromatic heterocycles. The van der Waals surface area contributed by atoms with Gasteiger partial charge in [-0.3, -0.25) is 4.79 Å². The maximum atomic E-state index is 12.4. The monoisotopic (exact) mass is 459 g/mol. The molecule has 0 aliphatic carbocycles. The highest BCUT2D eigenvalue weighted by Crippen LogP contribution is 2.22. The van der Waals surface area contributed by atoms with Crippen LogP contribution in [0.15, 0.2) is 66.7 Å². The molecule has 1 heterocycles. The molecule has 1 unspecified atom stereocenters. The maximum Gasteiger partial charge on any atom is 0.337 e. The Morgan fingerprint density at radius 3 is 2.79 bits per heavy atom. The molecule has 1 N–H and O–H groups in total. The summed E-state index contributed by atoms with van der Waals surface area (Å²) < 4.78 is 4.78. The second-order valence-electron chi connectivity index (χ2n) is 8.71. The Labute approximate surface area is 202 Å². The molecular weight excluding hydrogens is 426 g/mol. The summed E-state index contributed by atoms with van der Waals surface area (Å²) >= 11 is 0. The SMILES string of the molecule is COC(=O)c1cccc(CCCN2C(=O)CCC2/C=C/[C@@H](O)[C@@H](C)CC#Cc2ccccc2)c1. The number of carbonyl (C=O) groups is 2. The van der Waals surface area contributed by atoms with Crippen LogP contribution in [0.4, 0.5) is 0 Å². The minimum absolute atomic E-state index is 0.0000963. The van der Waals surface area contributed by atoms with E-state index in [-0.39, 0.29) is 23.8 Å². The highest BCUT2D eigenvalue weighted by Gasteiger charge is 2.28. The second-order valence-corrected chi connectivity index (χ2v) is 8.71. The van der Waals surface area contributed by atoms with Crippen molar-refractivity contribution in [2.24, 2.45) is 5.92 Å². The number of carbonyl (C=O) groups excluding carboxylic acids is 2. The van der Waals surface area contributed by atoms with Crippen molar-refractivity contribution in [2.75, 3.05) is 13.7 Å². The molecule has 2 aromatic carbocycles. The Morgan fingerprint density at radius 2 is 2.03 bits per heavy atom. The number of aliphatic hydroxyl groups is 1. The van der Waals surface area contributed by atoms with Gasteiger partial charge in [0.15, 0.2) is 0 Å². The molecule has 0 radical (unpaired) electrons. The maximum absolute atomic E-state index is 12.4. The van der Waals surface area contributed by atoms with Crippen LogP contribution in [0.2, 0.25) is 0 Å². The van der Waals surface area contributed by atoms with Gasteiger partial charge in [0, 0.05) is 24.9 Å². The molecule has 0 spiro atoms. The summed E-state index contributed by atoms with van der Waals surface area (Å²) in [5.74, 6) is 6.07. The lowest BCUT2D eigenvalue weighted by Gasteiger charge is -2.23. The molecule has 178 valence electrons. The summed E-state index contributed by atoms with van der Waals surface area (Å²) in [5.41, 5.74) is 2.55. The molecule has 3 rings (SSSR count). The van der Waals surface area contributed by atoms with Gasteiger partial charge in [-0.15, -0.1) is 0 Å². The zero-order valence-corrected chi connectivity index (χ0v) is 19.9. The summed E-state index contributed by atoms with van der Waals surface area (Å²) in [6.45, 7) is 2.62. The lowest BCUT2D eigenvalue weighted by atomic mass is 9.99. The molecule has 1 aliphatic rings. The standard InChI is InChI=1S/C29H33NO4/c1-22(9-6-12-23-10-4-3-5-11-23)27(31)18-16-26-17-19-28(32)30(26)20-8-14-24-13-7-15-25(21-24)29(33)34-2/h3-5,7,10-11,13,15-16,18,21-22,26-27,31H,8-9,14,17,19-20H2,1-2H3/b18-16+/t22-,26?,27+/m0/s1. The minimum Gasteiger partial charge on any atom is -0.465 e. The molecule has 1 amide bonds. The average Bonchev–Trinajstić information content (AvgIpc) is 3.21. The third-order valence-corrected chi connectivity index (χ3v) is 6.13. The fourth-order valence-electron chi connectivity index (χ4n) is 4.06. The number of benzene rings is 2. The largest absolute Gasteiger partial charge is 0.465 e. The van der Waals surface area contributed by atoms with E-state index in [0.717, 1.165) is 30.4 Å². The van der Waals surface area contributed by atoms with E-state index >= 15 is 0 Å². The number of hydrogen-bond acceptors (Lipinski definition) is 4. The quantitative estimate of drug-likeness (QED) is 0.343. The van der Waals surface area contributed by atoms with Crippen LogP contribution in [0.3, 0.4) is 0 Å². The molecule has 5 heteroatoms. The van der Waals surface area contributed by atoms with E-state index in [2.05, 4.69) is 11.8 Å². The molecule has 0 bridgehead atoms. The van der Waals surface area contributed by atoms with Gasteiger partial charge in [-0.05, 0) is 55.0 Å². The number of aliphatic hydroxyl groups excluding tert-OH is 1. The van der Waals surface area contributed by atoms with E-state index in [9.17, 15) is 14.7 Å².